The number of carboxylic acid groups (broad SMARTS) is 2. The Bertz CT molecular complexity index is 1730. The first-order valence-electron chi connectivity index (χ1n) is 13.8. The Morgan fingerprint density at radius 3 is 2.64 bits per heavy atom. The van der Waals surface area contributed by atoms with Gasteiger partial charge in [0.25, 0.3) is 12.1 Å². The third-order valence-corrected chi connectivity index (χ3v) is 9.33. The highest BCUT2D eigenvalue weighted by atomic mass is 35.5. The molecule has 4 heterocycles. The SMILES string of the molecule is CC(C)(O/N=C(\C(=O)C[C@@H]1C(=O)N2C(C(=O)O)=C(/C=C/C[n+]3cnc(N)c(NC(=O)CCN)c3)CSC12)c1nc(N)sc1Cl)C(=O)O. The first-order valence-corrected chi connectivity index (χ1v) is 16.1. The van der Waals surface area contributed by atoms with Crippen molar-refractivity contribution in [2.24, 2.45) is 16.8 Å². The highest BCUT2D eigenvalue weighted by Gasteiger charge is 2.54. The molecule has 4 rings (SSSR count). The Labute approximate surface area is 280 Å². The molecule has 1 unspecified atom stereocenters. The molecule has 0 spiro atoms. The molecule has 1 saturated heterocycles. The van der Waals surface area contributed by atoms with E-state index in [2.05, 4.69) is 20.4 Å². The average molecular weight is 709 g/mol. The number of carbonyl (C=O) groups is 5. The number of fused-ring (bicyclic) bond motifs is 1. The quantitative estimate of drug-likeness (QED) is 0.0679. The molecule has 0 aromatic carbocycles. The van der Waals surface area contributed by atoms with Gasteiger partial charge in [-0.3, -0.25) is 19.3 Å². The van der Waals surface area contributed by atoms with Crippen LogP contribution in [0.3, 0.4) is 0 Å². The van der Waals surface area contributed by atoms with E-state index in [1.165, 1.54) is 31.9 Å². The number of β-lactam (4-membered cyclic amide) rings is 1. The van der Waals surface area contributed by atoms with Crippen molar-refractivity contribution in [3.8, 4) is 0 Å². The number of allylic oxidation sites excluding steroid dienone is 2. The molecule has 0 aliphatic carbocycles. The van der Waals surface area contributed by atoms with Crippen LogP contribution in [0.4, 0.5) is 16.6 Å². The van der Waals surface area contributed by atoms with Crippen LogP contribution in [0.25, 0.3) is 0 Å². The molecule has 0 bridgehead atoms. The number of oxime groups is 1. The number of hydrogen-bond donors (Lipinski definition) is 6. The van der Waals surface area contributed by atoms with Crippen molar-refractivity contribution in [1.82, 2.24) is 14.9 Å². The van der Waals surface area contributed by atoms with Crippen molar-refractivity contribution in [3.05, 3.63) is 46.0 Å². The van der Waals surface area contributed by atoms with E-state index >= 15 is 0 Å². The van der Waals surface area contributed by atoms with E-state index in [0.29, 0.717) is 11.3 Å². The van der Waals surface area contributed by atoms with E-state index in [0.717, 1.165) is 16.2 Å². The van der Waals surface area contributed by atoms with Gasteiger partial charge in [-0.25, -0.2) is 19.1 Å². The zero-order valence-corrected chi connectivity index (χ0v) is 27.4. The summed E-state index contributed by atoms with van der Waals surface area (Å²) in [5.41, 5.74) is 15.1. The Morgan fingerprint density at radius 1 is 1.30 bits per heavy atom. The summed E-state index contributed by atoms with van der Waals surface area (Å²) in [5, 5.41) is 25.1. The fraction of sp³-hybridized carbons (Fsp3) is 0.370. The molecule has 2 aliphatic rings. The van der Waals surface area contributed by atoms with Crippen LogP contribution in [-0.4, -0.2) is 83.6 Å². The molecule has 2 amide bonds. The van der Waals surface area contributed by atoms with Crippen LogP contribution in [0.2, 0.25) is 4.34 Å². The number of rotatable bonds is 14. The Morgan fingerprint density at radius 2 is 2.02 bits per heavy atom. The minimum absolute atomic E-state index is 0.00736. The van der Waals surface area contributed by atoms with Crippen molar-refractivity contribution in [1.29, 1.82) is 0 Å². The fourth-order valence-electron chi connectivity index (χ4n) is 4.42. The van der Waals surface area contributed by atoms with Gasteiger partial charge in [0, 0.05) is 25.1 Å². The van der Waals surface area contributed by atoms with Gasteiger partial charge < -0.3 is 37.6 Å². The van der Waals surface area contributed by atoms with Crippen molar-refractivity contribution in [3.63, 3.8) is 0 Å². The first kappa shape index (κ1) is 35.3. The van der Waals surface area contributed by atoms with Crippen molar-refractivity contribution < 1.29 is 43.6 Å². The minimum Gasteiger partial charge on any atom is -0.478 e. The highest BCUT2D eigenvalue weighted by molar-refractivity contribution is 8.00. The average Bonchev–Trinajstić information content (AvgIpc) is 3.33. The summed E-state index contributed by atoms with van der Waals surface area (Å²) < 4.78 is 1.62. The largest absolute Gasteiger partial charge is 0.478 e. The number of thioether (sulfide) groups is 1. The van der Waals surface area contributed by atoms with Gasteiger partial charge in [-0.05, 0) is 30.5 Å². The summed E-state index contributed by atoms with van der Waals surface area (Å²) in [7, 11) is 0. The first-order chi connectivity index (χ1) is 22.1. The summed E-state index contributed by atoms with van der Waals surface area (Å²) in [5.74, 6) is -4.90. The Balaban J connectivity index is 1.51. The molecular formula is C27H31ClN9O8S2+. The Hall–Kier alpha value is -4.59. The summed E-state index contributed by atoms with van der Waals surface area (Å²) in [6, 6.07) is 0. The number of carboxylic acids is 2. The number of amides is 2. The second kappa shape index (κ2) is 14.4. The maximum Gasteiger partial charge on any atom is 0.352 e. The van der Waals surface area contributed by atoms with Gasteiger partial charge in [-0.15, -0.1) is 11.8 Å². The van der Waals surface area contributed by atoms with Gasteiger partial charge in [0.05, 0.1) is 11.3 Å². The van der Waals surface area contributed by atoms with Crippen LogP contribution in [0, 0.1) is 5.92 Å². The van der Waals surface area contributed by atoms with Crippen molar-refractivity contribution in [2.75, 3.05) is 29.1 Å². The van der Waals surface area contributed by atoms with Crippen molar-refractivity contribution in [2.45, 2.75) is 44.2 Å². The summed E-state index contributed by atoms with van der Waals surface area (Å²) in [6.07, 6.45) is 5.95. The molecule has 250 valence electrons. The zero-order chi connectivity index (χ0) is 34.6. The third kappa shape index (κ3) is 7.87. The fourth-order valence-corrected chi connectivity index (χ4v) is 6.73. The predicted molar refractivity (Wildman–Crippen MR) is 172 cm³/mol. The molecule has 0 radical (unpaired) electrons. The minimum atomic E-state index is -1.81. The third-order valence-electron chi connectivity index (χ3n) is 6.88. The molecule has 2 atom stereocenters. The molecule has 9 N–H and O–H groups in total. The van der Waals surface area contributed by atoms with Crippen LogP contribution < -0.4 is 27.1 Å². The highest BCUT2D eigenvalue weighted by Crippen LogP contribution is 2.45. The standard InChI is InChI=1S/C27H30ClN9O8S2/c1-27(2,25(43)44)45-35-17(18-20(28)47-26(31)34-18)15(38)8-13-22(40)37-19(24(41)42)12(10-46-23(13)37)4-3-7-36-9-14(21(30)32-11-36)33-16(39)5-6-29/h3-4,9,11,13,23,30H,5-8,10,29H2,1-2H3,(H5,31,33,34,39,41,42,43,44)/p+1/b4-3+,35-17+/t13-,23?/m1/s1. The number of halogens is 1. The van der Waals surface area contributed by atoms with Crippen LogP contribution in [0.1, 0.15) is 32.4 Å². The molecule has 2 aromatic rings. The molecule has 20 heteroatoms. The molecule has 2 aromatic heterocycles. The number of aliphatic carboxylic acids is 2. The number of nitrogens with one attached hydrogen (secondary N) is 1. The van der Waals surface area contributed by atoms with E-state index < -0.39 is 52.7 Å². The normalized spacial score (nSPS) is 18.2. The van der Waals surface area contributed by atoms with Gasteiger partial charge >= 0.3 is 11.9 Å². The number of ketones is 1. The lowest BCUT2D eigenvalue weighted by molar-refractivity contribution is -0.689. The summed E-state index contributed by atoms with van der Waals surface area (Å²) in [6.45, 7) is 2.85. The molecule has 2 aliphatic heterocycles. The number of nitrogens with zero attached hydrogens (tertiary/aromatic N) is 5. The lowest BCUT2D eigenvalue weighted by atomic mass is 9.89. The molecular weight excluding hydrogens is 678 g/mol. The molecule has 47 heavy (non-hydrogen) atoms. The number of nitrogens with two attached hydrogens (primary N) is 3. The number of aromatic nitrogens is 3. The van der Waals surface area contributed by atoms with Crippen LogP contribution in [0.15, 0.2) is 41.1 Å². The number of thiazole rings is 1. The van der Waals surface area contributed by atoms with Crippen LogP contribution in [-0.2, 0) is 35.4 Å². The summed E-state index contributed by atoms with van der Waals surface area (Å²) in [4.78, 5) is 76.8. The second-order valence-electron chi connectivity index (χ2n) is 10.7. The Kier molecular flexibility index (Phi) is 10.8. The van der Waals surface area contributed by atoms with Crippen molar-refractivity contribution >= 4 is 86.6 Å². The topological polar surface area (TPSA) is 270 Å². The van der Waals surface area contributed by atoms with Gasteiger partial charge in [0.15, 0.2) is 22.3 Å². The number of carbonyl (C=O) groups excluding carboxylic acids is 3. The predicted octanol–water partition coefficient (Wildman–Crippen LogP) is 0.600. The summed E-state index contributed by atoms with van der Waals surface area (Å²) >= 11 is 8.34. The lowest BCUT2D eigenvalue weighted by Crippen LogP contribution is -2.62. The van der Waals surface area contributed by atoms with Gasteiger partial charge in [-0.1, -0.05) is 34.2 Å². The van der Waals surface area contributed by atoms with E-state index in [1.54, 1.807) is 22.9 Å². The van der Waals surface area contributed by atoms with Gasteiger partial charge in [0.1, 0.15) is 28.5 Å². The molecule has 17 nitrogen and oxygen atoms in total. The maximum absolute atomic E-state index is 13.5. The number of hydrogen-bond acceptors (Lipinski definition) is 14. The molecule has 1 fully saturated rings. The number of anilines is 3. The monoisotopic (exact) mass is 708 g/mol. The van der Waals surface area contributed by atoms with E-state index in [4.69, 9.17) is 33.6 Å². The van der Waals surface area contributed by atoms with E-state index in [-0.39, 0.29) is 57.8 Å². The molecule has 0 saturated carbocycles. The van der Waals surface area contributed by atoms with E-state index in [1.807, 2.05) is 0 Å². The van der Waals surface area contributed by atoms with Gasteiger partial charge in [0.2, 0.25) is 17.4 Å². The van der Waals surface area contributed by atoms with Crippen LogP contribution in [0.5, 0.6) is 0 Å². The smallest absolute Gasteiger partial charge is 0.352 e. The van der Waals surface area contributed by atoms with E-state index in [9.17, 15) is 34.2 Å². The van der Waals surface area contributed by atoms with Crippen LogP contribution >= 0.6 is 34.7 Å². The second-order valence-corrected chi connectivity index (χ2v) is 13.4. The maximum atomic E-state index is 13.5. The number of Topliss-reactive ketones (excluding diaryl/α,β-unsaturated/α-hetero) is 1. The number of nitrogen functional groups attached to an aromatic ring is 2. The lowest BCUT2D eigenvalue weighted by Gasteiger charge is -2.49. The van der Waals surface area contributed by atoms with Gasteiger partial charge in [-0.2, -0.15) is 0 Å². The zero-order valence-electron chi connectivity index (χ0n) is 25.0.